The average Bonchev–Trinajstić information content (AvgIpc) is 2.18. The van der Waals surface area contributed by atoms with Gasteiger partial charge in [0.1, 0.15) is 0 Å². The van der Waals surface area contributed by atoms with Crippen molar-refractivity contribution in [2.75, 3.05) is 0 Å². The summed E-state index contributed by atoms with van der Waals surface area (Å²) < 4.78 is 0. The number of hydrogen-bond acceptors (Lipinski definition) is 0. The molecule has 0 spiro atoms. The van der Waals surface area contributed by atoms with Gasteiger partial charge in [0.2, 0.25) is 0 Å². The first kappa shape index (κ1) is 8.58. The van der Waals surface area contributed by atoms with E-state index < -0.39 is 0 Å². The standard InChI is InChI=1S/C12H10Cl/c1-2-10-11-6-4-3-5-9(11)7-8-12(10)13/h3-8H,1-2H2. The van der Waals surface area contributed by atoms with Crippen molar-refractivity contribution in [2.45, 2.75) is 6.42 Å². The van der Waals surface area contributed by atoms with Gasteiger partial charge in [0, 0.05) is 5.02 Å². The molecule has 65 valence electrons. The highest BCUT2D eigenvalue weighted by Crippen LogP contribution is 2.25. The van der Waals surface area contributed by atoms with Crippen molar-refractivity contribution in [3.8, 4) is 0 Å². The molecule has 0 aromatic heterocycles. The third-order valence-corrected chi connectivity index (χ3v) is 2.59. The molecule has 0 heterocycles. The van der Waals surface area contributed by atoms with Crippen molar-refractivity contribution < 1.29 is 0 Å². The molecule has 0 saturated heterocycles. The van der Waals surface area contributed by atoms with Crippen LogP contribution >= 0.6 is 11.6 Å². The van der Waals surface area contributed by atoms with E-state index in [1.165, 1.54) is 10.8 Å². The molecule has 0 N–H and O–H groups in total. The minimum Gasteiger partial charge on any atom is -0.0840 e. The van der Waals surface area contributed by atoms with Crippen LogP contribution in [0.5, 0.6) is 0 Å². The third kappa shape index (κ3) is 1.42. The second-order valence-electron chi connectivity index (χ2n) is 3.00. The Hall–Kier alpha value is -1.01. The summed E-state index contributed by atoms with van der Waals surface area (Å²) in [7, 11) is 0. The fraction of sp³-hybridized carbons (Fsp3) is 0.0833. The maximum absolute atomic E-state index is 6.06. The lowest BCUT2D eigenvalue weighted by Gasteiger charge is -2.05. The van der Waals surface area contributed by atoms with E-state index in [9.17, 15) is 0 Å². The zero-order valence-electron chi connectivity index (χ0n) is 7.26. The van der Waals surface area contributed by atoms with Crippen LogP contribution in [0.1, 0.15) is 5.56 Å². The Morgan fingerprint density at radius 3 is 2.62 bits per heavy atom. The topological polar surface area (TPSA) is 0 Å². The molecular weight excluding hydrogens is 180 g/mol. The van der Waals surface area contributed by atoms with E-state index in [1.807, 2.05) is 24.3 Å². The predicted molar refractivity (Wildman–Crippen MR) is 58.0 cm³/mol. The Kier molecular flexibility index (Phi) is 2.24. The molecule has 0 bridgehead atoms. The monoisotopic (exact) mass is 189 g/mol. The summed E-state index contributed by atoms with van der Waals surface area (Å²) in [6, 6.07) is 12.2. The van der Waals surface area contributed by atoms with Crippen LogP contribution in [0.25, 0.3) is 10.8 Å². The van der Waals surface area contributed by atoms with Gasteiger partial charge >= 0.3 is 0 Å². The second-order valence-corrected chi connectivity index (χ2v) is 3.40. The molecule has 2 aromatic rings. The van der Waals surface area contributed by atoms with Crippen LogP contribution in [0.15, 0.2) is 36.4 Å². The zero-order chi connectivity index (χ0) is 9.26. The highest BCUT2D eigenvalue weighted by Gasteiger charge is 2.02. The van der Waals surface area contributed by atoms with Crippen LogP contribution in [0.3, 0.4) is 0 Å². The average molecular weight is 190 g/mol. The van der Waals surface area contributed by atoms with Crippen LogP contribution in [-0.4, -0.2) is 0 Å². The normalized spacial score (nSPS) is 10.6. The molecule has 0 atom stereocenters. The molecule has 0 amide bonds. The van der Waals surface area contributed by atoms with Crippen LogP contribution < -0.4 is 0 Å². The van der Waals surface area contributed by atoms with Gasteiger partial charge in [-0.15, -0.1) is 0 Å². The second kappa shape index (κ2) is 3.39. The van der Waals surface area contributed by atoms with Crippen molar-refractivity contribution in [2.24, 2.45) is 0 Å². The Morgan fingerprint density at radius 2 is 1.85 bits per heavy atom. The van der Waals surface area contributed by atoms with Gasteiger partial charge in [0.25, 0.3) is 0 Å². The SMILES string of the molecule is [CH2]Cc1c(Cl)ccc2ccccc12. The summed E-state index contributed by atoms with van der Waals surface area (Å²) in [5.74, 6) is 0. The fourth-order valence-corrected chi connectivity index (χ4v) is 1.82. The van der Waals surface area contributed by atoms with Crippen LogP contribution in [0.2, 0.25) is 5.02 Å². The lowest BCUT2D eigenvalue weighted by Crippen LogP contribution is -1.84. The molecule has 0 nitrogen and oxygen atoms in total. The summed E-state index contributed by atoms with van der Waals surface area (Å²) in [6.07, 6.45) is 0.736. The first-order valence-corrected chi connectivity index (χ1v) is 4.66. The van der Waals surface area contributed by atoms with Gasteiger partial charge < -0.3 is 0 Å². The number of benzene rings is 2. The van der Waals surface area contributed by atoms with E-state index in [-0.39, 0.29) is 0 Å². The van der Waals surface area contributed by atoms with Gasteiger partial charge in [0.15, 0.2) is 0 Å². The minimum absolute atomic E-state index is 0.736. The lowest BCUT2D eigenvalue weighted by atomic mass is 10.0. The van der Waals surface area contributed by atoms with Gasteiger partial charge in [-0.25, -0.2) is 0 Å². The molecule has 0 unspecified atom stereocenters. The molecule has 1 heteroatoms. The van der Waals surface area contributed by atoms with Crippen molar-refractivity contribution in [3.63, 3.8) is 0 Å². The Morgan fingerprint density at radius 1 is 1.08 bits per heavy atom. The maximum Gasteiger partial charge on any atom is 0.0444 e. The Labute approximate surface area is 83.1 Å². The number of hydrogen-bond donors (Lipinski definition) is 0. The molecule has 2 rings (SSSR count). The Bertz CT molecular complexity index is 432. The van der Waals surface area contributed by atoms with Gasteiger partial charge in [-0.05, 0) is 35.7 Å². The largest absolute Gasteiger partial charge is 0.0840 e. The molecule has 13 heavy (non-hydrogen) atoms. The first-order valence-electron chi connectivity index (χ1n) is 4.28. The summed E-state index contributed by atoms with van der Waals surface area (Å²) in [5, 5.41) is 3.25. The van der Waals surface area contributed by atoms with Gasteiger partial charge in [-0.2, -0.15) is 0 Å². The van der Waals surface area contributed by atoms with E-state index in [0.717, 1.165) is 17.0 Å². The summed E-state index contributed by atoms with van der Waals surface area (Å²) in [5.41, 5.74) is 1.14. The van der Waals surface area contributed by atoms with E-state index in [4.69, 9.17) is 11.6 Å². The van der Waals surface area contributed by atoms with E-state index in [0.29, 0.717) is 0 Å². The van der Waals surface area contributed by atoms with Crippen molar-refractivity contribution in [1.29, 1.82) is 0 Å². The van der Waals surface area contributed by atoms with Gasteiger partial charge in [-0.3, -0.25) is 0 Å². The third-order valence-electron chi connectivity index (χ3n) is 2.23. The van der Waals surface area contributed by atoms with E-state index in [2.05, 4.69) is 19.1 Å². The van der Waals surface area contributed by atoms with E-state index in [1.54, 1.807) is 0 Å². The van der Waals surface area contributed by atoms with Crippen LogP contribution in [0, 0.1) is 6.92 Å². The van der Waals surface area contributed by atoms with E-state index >= 15 is 0 Å². The smallest absolute Gasteiger partial charge is 0.0444 e. The highest BCUT2D eigenvalue weighted by atomic mass is 35.5. The number of fused-ring (bicyclic) bond motifs is 1. The van der Waals surface area contributed by atoms with Gasteiger partial charge in [-0.1, -0.05) is 41.9 Å². The van der Waals surface area contributed by atoms with Crippen molar-refractivity contribution in [1.82, 2.24) is 0 Å². The molecule has 0 saturated carbocycles. The summed E-state index contributed by atoms with van der Waals surface area (Å²) >= 11 is 6.06. The highest BCUT2D eigenvalue weighted by molar-refractivity contribution is 6.32. The number of rotatable bonds is 1. The molecule has 2 aromatic carbocycles. The number of halogens is 1. The fourth-order valence-electron chi connectivity index (χ4n) is 1.56. The van der Waals surface area contributed by atoms with Crippen LogP contribution in [0.4, 0.5) is 0 Å². The molecule has 1 radical (unpaired) electrons. The quantitative estimate of drug-likeness (QED) is 0.639. The molecule has 0 aliphatic heterocycles. The summed E-state index contributed by atoms with van der Waals surface area (Å²) in [6.45, 7) is 3.88. The Balaban J connectivity index is 2.84. The lowest BCUT2D eigenvalue weighted by molar-refractivity contribution is 1.30. The predicted octanol–water partition coefficient (Wildman–Crippen LogP) is 3.87. The molecule has 0 fully saturated rings. The van der Waals surface area contributed by atoms with Crippen LogP contribution in [-0.2, 0) is 6.42 Å². The zero-order valence-corrected chi connectivity index (χ0v) is 8.01. The van der Waals surface area contributed by atoms with Crippen molar-refractivity contribution in [3.05, 3.63) is 53.9 Å². The molecule has 0 aliphatic rings. The van der Waals surface area contributed by atoms with Gasteiger partial charge in [0.05, 0.1) is 0 Å². The van der Waals surface area contributed by atoms with Crippen molar-refractivity contribution >= 4 is 22.4 Å². The molecule has 0 aliphatic carbocycles. The first-order chi connectivity index (χ1) is 6.33. The summed E-state index contributed by atoms with van der Waals surface area (Å²) in [4.78, 5) is 0. The maximum atomic E-state index is 6.06. The molecular formula is C12H10Cl. The minimum atomic E-state index is 0.736.